The molecule has 25 heavy (non-hydrogen) atoms. The summed E-state index contributed by atoms with van der Waals surface area (Å²) < 4.78 is 25.2. The van der Waals surface area contributed by atoms with E-state index < -0.39 is 10.0 Å². The highest BCUT2D eigenvalue weighted by atomic mass is 35.5. The third-order valence-corrected chi connectivity index (χ3v) is 4.43. The fraction of sp³-hybridized carbons (Fsp3) is 0.278. The summed E-state index contributed by atoms with van der Waals surface area (Å²) in [6.45, 7) is 3.10. The number of hydrogen-bond donors (Lipinski definition) is 1. The van der Waals surface area contributed by atoms with E-state index >= 15 is 0 Å². The molecule has 2 aromatic rings. The van der Waals surface area contributed by atoms with Crippen molar-refractivity contribution in [2.24, 2.45) is 0 Å². The summed E-state index contributed by atoms with van der Waals surface area (Å²) in [5.41, 5.74) is 1.62. The van der Waals surface area contributed by atoms with Crippen molar-refractivity contribution in [2.45, 2.75) is 19.9 Å². The van der Waals surface area contributed by atoms with Crippen LogP contribution in [0.2, 0.25) is 5.02 Å². The fourth-order valence-electron chi connectivity index (χ4n) is 2.44. The molecule has 0 aliphatic carbocycles. The van der Waals surface area contributed by atoms with Crippen molar-refractivity contribution in [3.05, 3.63) is 64.7 Å². The summed E-state index contributed by atoms with van der Waals surface area (Å²) in [5, 5.41) is 0.243. The molecule has 0 saturated carbocycles. The van der Waals surface area contributed by atoms with Gasteiger partial charge in [-0.15, -0.1) is 0 Å². The van der Waals surface area contributed by atoms with Gasteiger partial charge in [0.05, 0.1) is 17.0 Å². The highest BCUT2D eigenvalue weighted by molar-refractivity contribution is 7.92. The first-order valence-electron chi connectivity index (χ1n) is 7.90. The van der Waals surface area contributed by atoms with E-state index in [-0.39, 0.29) is 16.6 Å². The smallest absolute Gasteiger partial charge is 0.254 e. The van der Waals surface area contributed by atoms with Gasteiger partial charge in [-0.3, -0.25) is 9.52 Å². The maximum atomic E-state index is 12.9. The fourth-order valence-corrected chi connectivity index (χ4v) is 3.23. The molecule has 0 bridgehead atoms. The van der Waals surface area contributed by atoms with Gasteiger partial charge in [0.25, 0.3) is 5.91 Å². The number of benzene rings is 2. The normalized spacial score (nSPS) is 11.2. The first-order valence-corrected chi connectivity index (χ1v) is 10.2. The molecule has 0 aliphatic heterocycles. The molecule has 0 radical (unpaired) electrons. The lowest BCUT2D eigenvalue weighted by Gasteiger charge is -2.23. The number of nitrogens with zero attached hydrogens (tertiary/aromatic N) is 1. The van der Waals surface area contributed by atoms with Crippen molar-refractivity contribution in [3.8, 4) is 0 Å². The summed E-state index contributed by atoms with van der Waals surface area (Å²) in [4.78, 5) is 14.6. The minimum Gasteiger partial charge on any atom is -0.334 e. The van der Waals surface area contributed by atoms with Crippen molar-refractivity contribution in [1.29, 1.82) is 0 Å². The maximum absolute atomic E-state index is 12.9. The highest BCUT2D eigenvalue weighted by Gasteiger charge is 2.17. The van der Waals surface area contributed by atoms with E-state index in [1.165, 1.54) is 12.1 Å². The number of carbonyl (C=O) groups excluding carboxylic acids is 1. The second kappa shape index (κ2) is 8.36. The van der Waals surface area contributed by atoms with Crippen molar-refractivity contribution < 1.29 is 13.2 Å². The standard InChI is InChI=1S/C18H21ClN2O3S/c1-3-11-21(13-14-7-5-4-6-8-14)18(22)15-9-10-16(19)17(12-15)20-25(2,23)24/h4-10,12,20H,3,11,13H2,1-2H3. The van der Waals surface area contributed by atoms with E-state index in [4.69, 9.17) is 11.6 Å². The number of sulfonamides is 1. The van der Waals surface area contributed by atoms with E-state index in [1.807, 2.05) is 37.3 Å². The minimum atomic E-state index is -3.48. The van der Waals surface area contributed by atoms with Crippen LogP contribution < -0.4 is 4.72 Å². The minimum absolute atomic E-state index is 0.168. The molecule has 7 heteroatoms. The van der Waals surface area contributed by atoms with Crippen LogP contribution in [0.15, 0.2) is 48.5 Å². The van der Waals surface area contributed by atoms with E-state index in [0.29, 0.717) is 18.7 Å². The Morgan fingerprint density at radius 2 is 1.84 bits per heavy atom. The van der Waals surface area contributed by atoms with Crippen LogP contribution in [-0.2, 0) is 16.6 Å². The topological polar surface area (TPSA) is 66.5 Å². The zero-order valence-corrected chi connectivity index (χ0v) is 15.8. The van der Waals surface area contributed by atoms with Crippen LogP contribution in [0.25, 0.3) is 0 Å². The summed E-state index contributed by atoms with van der Waals surface area (Å²) in [6, 6.07) is 14.3. The molecule has 1 N–H and O–H groups in total. The lowest BCUT2D eigenvalue weighted by atomic mass is 10.1. The first kappa shape index (κ1) is 19.3. The Morgan fingerprint density at radius 3 is 2.44 bits per heavy atom. The number of halogens is 1. The Morgan fingerprint density at radius 1 is 1.16 bits per heavy atom. The van der Waals surface area contributed by atoms with Gasteiger partial charge < -0.3 is 4.90 Å². The number of anilines is 1. The summed E-state index contributed by atoms with van der Waals surface area (Å²) >= 11 is 6.03. The third kappa shape index (κ3) is 5.76. The lowest BCUT2D eigenvalue weighted by molar-refractivity contribution is 0.0743. The highest BCUT2D eigenvalue weighted by Crippen LogP contribution is 2.25. The second-order valence-electron chi connectivity index (χ2n) is 5.78. The van der Waals surface area contributed by atoms with Crippen LogP contribution in [0.1, 0.15) is 29.3 Å². The van der Waals surface area contributed by atoms with E-state index in [1.54, 1.807) is 11.0 Å². The maximum Gasteiger partial charge on any atom is 0.254 e. The van der Waals surface area contributed by atoms with Gasteiger partial charge in [0.15, 0.2) is 0 Å². The molecule has 0 fully saturated rings. The SMILES string of the molecule is CCCN(Cc1ccccc1)C(=O)c1ccc(Cl)c(NS(C)(=O)=O)c1. The molecular formula is C18H21ClN2O3S. The Bertz CT molecular complexity index is 839. The zero-order valence-electron chi connectivity index (χ0n) is 14.2. The van der Waals surface area contributed by atoms with Crippen LogP contribution in [0.3, 0.4) is 0 Å². The Kier molecular flexibility index (Phi) is 6.45. The predicted octanol–water partition coefficient (Wildman–Crippen LogP) is 3.76. The molecule has 0 atom stereocenters. The average molecular weight is 381 g/mol. The van der Waals surface area contributed by atoms with Gasteiger partial charge in [-0.1, -0.05) is 48.9 Å². The van der Waals surface area contributed by atoms with Crippen LogP contribution in [-0.4, -0.2) is 32.0 Å². The van der Waals surface area contributed by atoms with Crippen molar-refractivity contribution in [1.82, 2.24) is 4.90 Å². The Balaban J connectivity index is 2.28. The van der Waals surface area contributed by atoms with Crippen molar-refractivity contribution >= 4 is 33.2 Å². The van der Waals surface area contributed by atoms with Gasteiger partial charge >= 0.3 is 0 Å². The molecule has 0 aliphatic rings. The Hall–Kier alpha value is -2.05. The quantitative estimate of drug-likeness (QED) is 0.795. The molecule has 0 saturated heterocycles. The van der Waals surface area contributed by atoms with Crippen molar-refractivity contribution in [2.75, 3.05) is 17.5 Å². The van der Waals surface area contributed by atoms with Gasteiger partial charge in [0, 0.05) is 18.7 Å². The molecule has 2 rings (SSSR count). The molecule has 0 aromatic heterocycles. The van der Waals surface area contributed by atoms with Crippen LogP contribution in [0.4, 0.5) is 5.69 Å². The zero-order chi connectivity index (χ0) is 18.4. The summed E-state index contributed by atoms with van der Waals surface area (Å²) in [5.74, 6) is -0.168. The van der Waals surface area contributed by atoms with E-state index in [0.717, 1.165) is 18.2 Å². The van der Waals surface area contributed by atoms with Gasteiger partial charge in [-0.25, -0.2) is 8.42 Å². The molecular weight excluding hydrogens is 360 g/mol. The number of rotatable bonds is 7. The molecule has 0 unspecified atom stereocenters. The average Bonchev–Trinajstić information content (AvgIpc) is 2.55. The number of nitrogens with one attached hydrogen (secondary N) is 1. The van der Waals surface area contributed by atoms with E-state index in [9.17, 15) is 13.2 Å². The number of carbonyl (C=O) groups is 1. The van der Waals surface area contributed by atoms with Crippen LogP contribution >= 0.6 is 11.6 Å². The molecule has 2 aromatic carbocycles. The summed E-state index contributed by atoms with van der Waals surface area (Å²) in [7, 11) is -3.48. The van der Waals surface area contributed by atoms with Crippen LogP contribution in [0.5, 0.6) is 0 Å². The third-order valence-electron chi connectivity index (χ3n) is 3.51. The number of hydrogen-bond acceptors (Lipinski definition) is 3. The molecule has 5 nitrogen and oxygen atoms in total. The number of amides is 1. The van der Waals surface area contributed by atoms with Gasteiger partial charge in [-0.05, 0) is 30.2 Å². The molecule has 1 amide bonds. The largest absolute Gasteiger partial charge is 0.334 e. The van der Waals surface area contributed by atoms with E-state index in [2.05, 4.69) is 4.72 Å². The molecule has 0 heterocycles. The second-order valence-corrected chi connectivity index (χ2v) is 7.94. The monoisotopic (exact) mass is 380 g/mol. The van der Waals surface area contributed by atoms with Crippen LogP contribution in [0, 0.1) is 0 Å². The van der Waals surface area contributed by atoms with Gasteiger partial charge in [-0.2, -0.15) is 0 Å². The summed E-state index contributed by atoms with van der Waals surface area (Å²) in [6.07, 6.45) is 1.86. The predicted molar refractivity (Wildman–Crippen MR) is 101 cm³/mol. The van der Waals surface area contributed by atoms with Gasteiger partial charge in [0.1, 0.15) is 0 Å². The molecule has 0 spiro atoms. The molecule has 134 valence electrons. The lowest BCUT2D eigenvalue weighted by Crippen LogP contribution is -2.31. The Labute approximate surface area is 153 Å². The van der Waals surface area contributed by atoms with Crippen molar-refractivity contribution in [3.63, 3.8) is 0 Å². The van der Waals surface area contributed by atoms with Gasteiger partial charge in [0.2, 0.25) is 10.0 Å². The first-order chi connectivity index (χ1) is 11.8.